The summed E-state index contributed by atoms with van der Waals surface area (Å²) < 4.78 is 24.7. The minimum atomic E-state index is -2.93. The van der Waals surface area contributed by atoms with Gasteiger partial charge in [0.05, 0.1) is 17.2 Å². The fourth-order valence-corrected chi connectivity index (χ4v) is 4.30. The topological polar surface area (TPSA) is 80.5 Å². The van der Waals surface area contributed by atoms with Crippen molar-refractivity contribution >= 4 is 15.5 Å². The fourth-order valence-electron chi connectivity index (χ4n) is 2.63. The van der Waals surface area contributed by atoms with E-state index in [1.807, 2.05) is 6.07 Å². The number of rotatable bonds is 3. The van der Waals surface area contributed by atoms with Crippen molar-refractivity contribution in [3.8, 4) is 0 Å². The van der Waals surface area contributed by atoms with Crippen molar-refractivity contribution < 1.29 is 8.42 Å². The van der Waals surface area contributed by atoms with Crippen LogP contribution in [0.1, 0.15) is 18.5 Å². The molecule has 3 rings (SSSR count). The molecule has 2 aromatic heterocycles. The molecular formula is C14H17N3O3S. The first-order chi connectivity index (χ1) is 10.0. The third-order valence-electron chi connectivity index (χ3n) is 3.66. The van der Waals surface area contributed by atoms with E-state index in [4.69, 9.17) is 0 Å². The van der Waals surface area contributed by atoms with Crippen molar-refractivity contribution in [2.24, 2.45) is 0 Å². The Hall–Kier alpha value is -1.73. The maximum Gasteiger partial charge on any atom is 0.258 e. The molecule has 112 valence electrons. The molecule has 0 radical (unpaired) electrons. The highest BCUT2D eigenvalue weighted by Crippen LogP contribution is 2.12. The highest BCUT2D eigenvalue weighted by atomic mass is 32.2. The summed E-state index contributed by atoms with van der Waals surface area (Å²) in [5.41, 5.74) is 1.10. The van der Waals surface area contributed by atoms with Gasteiger partial charge in [0.25, 0.3) is 5.56 Å². The van der Waals surface area contributed by atoms with Crippen LogP contribution in [0.15, 0.2) is 35.3 Å². The first kappa shape index (κ1) is 14.2. The van der Waals surface area contributed by atoms with Crippen molar-refractivity contribution in [3.05, 3.63) is 46.5 Å². The molecule has 1 aliphatic rings. The largest absolute Gasteiger partial charge is 0.307 e. The number of sulfone groups is 1. The summed E-state index contributed by atoms with van der Waals surface area (Å²) in [7, 11) is -2.93. The van der Waals surface area contributed by atoms with Crippen molar-refractivity contribution in [2.45, 2.75) is 25.4 Å². The number of pyridine rings is 1. The lowest BCUT2D eigenvalue weighted by Gasteiger charge is -2.22. The molecule has 1 saturated heterocycles. The van der Waals surface area contributed by atoms with Gasteiger partial charge < -0.3 is 5.32 Å². The first-order valence-electron chi connectivity index (χ1n) is 6.95. The molecule has 0 bridgehead atoms. The minimum Gasteiger partial charge on any atom is -0.307 e. The predicted molar refractivity (Wildman–Crippen MR) is 80.0 cm³/mol. The van der Waals surface area contributed by atoms with E-state index in [0.717, 1.165) is 6.42 Å². The molecular weight excluding hydrogens is 290 g/mol. The molecule has 1 aliphatic heterocycles. The SMILES string of the molecule is O=c1cc(CNC2CCCS(=O)(=O)C2)nc2ccccn12. The lowest BCUT2D eigenvalue weighted by molar-refractivity contribution is 0.477. The van der Waals surface area contributed by atoms with E-state index in [9.17, 15) is 13.2 Å². The lowest BCUT2D eigenvalue weighted by Crippen LogP contribution is -2.40. The number of hydrogen-bond donors (Lipinski definition) is 1. The van der Waals surface area contributed by atoms with Gasteiger partial charge in [-0.15, -0.1) is 0 Å². The standard InChI is InChI=1S/C14H17N3O3S/c18-14-8-12(16-13-5-1-2-6-17(13)14)9-15-11-4-3-7-21(19,20)10-11/h1-2,5-6,8,11,15H,3-4,7,9-10H2. The van der Waals surface area contributed by atoms with Gasteiger partial charge >= 0.3 is 0 Å². The van der Waals surface area contributed by atoms with Crippen molar-refractivity contribution in [1.82, 2.24) is 14.7 Å². The maximum absolute atomic E-state index is 12.0. The van der Waals surface area contributed by atoms with Crippen LogP contribution in [0.4, 0.5) is 0 Å². The smallest absolute Gasteiger partial charge is 0.258 e. The zero-order valence-electron chi connectivity index (χ0n) is 11.5. The van der Waals surface area contributed by atoms with Gasteiger partial charge in [-0.05, 0) is 25.0 Å². The van der Waals surface area contributed by atoms with E-state index in [1.54, 1.807) is 18.3 Å². The van der Waals surface area contributed by atoms with Gasteiger partial charge in [0, 0.05) is 24.8 Å². The Morgan fingerprint density at radius 1 is 1.38 bits per heavy atom. The van der Waals surface area contributed by atoms with E-state index in [1.165, 1.54) is 10.5 Å². The summed E-state index contributed by atoms with van der Waals surface area (Å²) >= 11 is 0. The summed E-state index contributed by atoms with van der Waals surface area (Å²) in [6.07, 6.45) is 3.20. The van der Waals surface area contributed by atoms with Crippen LogP contribution in [-0.4, -0.2) is 35.4 Å². The molecule has 1 unspecified atom stereocenters. The van der Waals surface area contributed by atoms with E-state index in [0.29, 0.717) is 24.3 Å². The Morgan fingerprint density at radius 3 is 3.05 bits per heavy atom. The number of aromatic nitrogens is 2. The van der Waals surface area contributed by atoms with Gasteiger partial charge in [-0.2, -0.15) is 0 Å². The van der Waals surface area contributed by atoms with Crippen LogP contribution in [0.25, 0.3) is 5.65 Å². The van der Waals surface area contributed by atoms with E-state index in [-0.39, 0.29) is 23.1 Å². The summed E-state index contributed by atoms with van der Waals surface area (Å²) in [5.74, 6) is 0.445. The molecule has 0 aliphatic carbocycles. The Balaban J connectivity index is 1.75. The Kier molecular flexibility index (Phi) is 3.77. The molecule has 6 nitrogen and oxygen atoms in total. The molecule has 0 amide bonds. The summed E-state index contributed by atoms with van der Waals surface area (Å²) in [6, 6.07) is 6.81. The maximum atomic E-state index is 12.0. The molecule has 7 heteroatoms. The third-order valence-corrected chi connectivity index (χ3v) is 5.48. The molecule has 3 heterocycles. The van der Waals surface area contributed by atoms with E-state index in [2.05, 4.69) is 10.3 Å². The number of nitrogens with zero attached hydrogens (tertiary/aromatic N) is 2. The molecule has 0 aromatic carbocycles. The zero-order valence-corrected chi connectivity index (χ0v) is 12.3. The van der Waals surface area contributed by atoms with Crippen LogP contribution in [0.5, 0.6) is 0 Å². The summed E-state index contributed by atoms with van der Waals surface area (Å²) in [6.45, 7) is 0.404. The van der Waals surface area contributed by atoms with Gasteiger partial charge in [-0.25, -0.2) is 13.4 Å². The normalized spacial score (nSPS) is 21.4. The van der Waals surface area contributed by atoms with Crippen LogP contribution in [0.2, 0.25) is 0 Å². The molecule has 1 N–H and O–H groups in total. The average molecular weight is 307 g/mol. The number of nitrogens with one attached hydrogen (secondary N) is 1. The molecule has 0 saturated carbocycles. The first-order valence-corrected chi connectivity index (χ1v) is 8.77. The Labute approximate surface area is 122 Å². The fraction of sp³-hybridized carbons (Fsp3) is 0.429. The van der Waals surface area contributed by atoms with Gasteiger partial charge in [-0.3, -0.25) is 9.20 Å². The average Bonchev–Trinajstić information content (AvgIpc) is 2.44. The lowest BCUT2D eigenvalue weighted by atomic mass is 10.2. The van der Waals surface area contributed by atoms with E-state index >= 15 is 0 Å². The van der Waals surface area contributed by atoms with Crippen LogP contribution in [0, 0.1) is 0 Å². The van der Waals surface area contributed by atoms with Crippen molar-refractivity contribution in [3.63, 3.8) is 0 Å². The van der Waals surface area contributed by atoms with Crippen LogP contribution in [0.3, 0.4) is 0 Å². The summed E-state index contributed by atoms with van der Waals surface area (Å²) in [4.78, 5) is 16.4. The van der Waals surface area contributed by atoms with Gasteiger partial charge in [-0.1, -0.05) is 6.07 Å². The highest BCUT2D eigenvalue weighted by molar-refractivity contribution is 7.91. The van der Waals surface area contributed by atoms with Crippen LogP contribution < -0.4 is 10.9 Å². The second-order valence-electron chi connectivity index (χ2n) is 5.35. The Bertz CT molecular complexity index is 814. The van der Waals surface area contributed by atoms with Crippen molar-refractivity contribution in [1.29, 1.82) is 0 Å². The number of fused-ring (bicyclic) bond motifs is 1. The van der Waals surface area contributed by atoms with Crippen LogP contribution >= 0.6 is 0 Å². The zero-order chi connectivity index (χ0) is 14.9. The van der Waals surface area contributed by atoms with E-state index < -0.39 is 9.84 Å². The molecule has 1 fully saturated rings. The second-order valence-corrected chi connectivity index (χ2v) is 7.58. The van der Waals surface area contributed by atoms with Crippen molar-refractivity contribution in [2.75, 3.05) is 11.5 Å². The second kappa shape index (κ2) is 5.57. The molecule has 1 atom stereocenters. The molecule has 21 heavy (non-hydrogen) atoms. The quantitative estimate of drug-likeness (QED) is 0.885. The number of hydrogen-bond acceptors (Lipinski definition) is 5. The summed E-state index contributed by atoms with van der Waals surface area (Å²) in [5, 5.41) is 3.20. The van der Waals surface area contributed by atoms with Crippen LogP contribution in [-0.2, 0) is 16.4 Å². The minimum absolute atomic E-state index is 0.0558. The third kappa shape index (κ3) is 3.30. The predicted octanol–water partition coefficient (Wildman–Crippen LogP) is 0.361. The highest BCUT2D eigenvalue weighted by Gasteiger charge is 2.24. The van der Waals surface area contributed by atoms with Gasteiger partial charge in [0.2, 0.25) is 0 Å². The molecule has 0 spiro atoms. The monoisotopic (exact) mass is 307 g/mol. The Morgan fingerprint density at radius 2 is 2.24 bits per heavy atom. The van der Waals surface area contributed by atoms with Gasteiger partial charge in [0.15, 0.2) is 9.84 Å². The molecule has 2 aromatic rings. The van der Waals surface area contributed by atoms with Gasteiger partial charge in [0.1, 0.15) is 5.65 Å².